The summed E-state index contributed by atoms with van der Waals surface area (Å²) in [6.07, 6.45) is 2.97. The standard InChI is InChI=1S/C27H33FN6O2/c1-16-14-33(15-17(2)34(16)26(35)36-27(3,4)5)21-7-8-23-19(10-21)13-31-25(32-23)18-9-20(12-30-6)24(29)22(28)11-18/h7-13,16-17H,14-15,29H2,1-6H3/t16-,17+. The lowest BCUT2D eigenvalue weighted by atomic mass is 10.1. The molecule has 1 saturated heterocycles. The van der Waals surface area contributed by atoms with Crippen molar-refractivity contribution in [3.8, 4) is 11.4 Å². The molecule has 0 unspecified atom stereocenters. The van der Waals surface area contributed by atoms with Crippen molar-refractivity contribution >= 4 is 34.6 Å². The first-order valence-electron chi connectivity index (χ1n) is 12.0. The molecule has 1 fully saturated rings. The van der Waals surface area contributed by atoms with Crippen molar-refractivity contribution in [2.75, 3.05) is 30.8 Å². The molecule has 0 saturated carbocycles. The van der Waals surface area contributed by atoms with Crippen molar-refractivity contribution in [2.45, 2.75) is 52.3 Å². The van der Waals surface area contributed by atoms with Crippen LogP contribution in [0.1, 0.15) is 40.2 Å². The van der Waals surface area contributed by atoms with Crippen LogP contribution in [0.5, 0.6) is 0 Å². The Balaban J connectivity index is 1.57. The number of hydrogen-bond acceptors (Lipinski definition) is 7. The summed E-state index contributed by atoms with van der Waals surface area (Å²) in [6, 6.07) is 9.03. The minimum Gasteiger partial charge on any atom is -0.444 e. The van der Waals surface area contributed by atoms with Gasteiger partial charge in [-0.3, -0.25) is 9.89 Å². The molecule has 1 aromatic heterocycles. The first-order chi connectivity index (χ1) is 17.0. The molecule has 2 atom stereocenters. The number of hydrogen-bond donors (Lipinski definition) is 1. The van der Waals surface area contributed by atoms with Crippen LogP contribution in [0.4, 0.5) is 20.6 Å². The maximum absolute atomic E-state index is 14.4. The van der Waals surface area contributed by atoms with E-state index in [9.17, 15) is 9.18 Å². The van der Waals surface area contributed by atoms with E-state index in [-0.39, 0.29) is 23.9 Å². The van der Waals surface area contributed by atoms with Crippen molar-refractivity contribution in [1.29, 1.82) is 0 Å². The van der Waals surface area contributed by atoms with Crippen LogP contribution < -0.4 is 10.6 Å². The molecule has 36 heavy (non-hydrogen) atoms. The van der Waals surface area contributed by atoms with Gasteiger partial charge in [-0.25, -0.2) is 19.2 Å². The Labute approximate surface area is 211 Å². The normalized spacial score (nSPS) is 18.8. The number of halogens is 1. The second-order valence-electron chi connectivity index (χ2n) is 10.3. The van der Waals surface area contributed by atoms with E-state index in [1.165, 1.54) is 12.3 Å². The van der Waals surface area contributed by atoms with Gasteiger partial charge in [0.05, 0.1) is 23.3 Å². The van der Waals surface area contributed by atoms with E-state index in [4.69, 9.17) is 10.5 Å². The number of fused-ring (bicyclic) bond motifs is 1. The fourth-order valence-corrected chi connectivity index (χ4v) is 4.58. The number of benzene rings is 2. The quantitative estimate of drug-likeness (QED) is 0.413. The Kier molecular flexibility index (Phi) is 6.84. The zero-order valence-electron chi connectivity index (χ0n) is 21.6. The molecule has 2 heterocycles. The maximum atomic E-state index is 14.4. The van der Waals surface area contributed by atoms with Gasteiger partial charge in [-0.05, 0) is 65.0 Å². The molecular formula is C27H33FN6O2. The summed E-state index contributed by atoms with van der Waals surface area (Å²) in [6.45, 7) is 11.1. The third kappa shape index (κ3) is 5.24. The average Bonchev–Trinajstić information content (AvgIpc) is 2.79. The van der Waals surface area contributed by atoms with E-state index in [0.29, 0.717) is 30.0 Å². The van der Waals surface area contributed by atoms with E-state index in [2.05, 4.69) is 19.9 Å². The second-order valence-corrected chi connectivity index (χ2v) is 10.3. The monoisotopic (exact) mass is 492 g/mol. The van der Waals surface area contributed by atoms with Gasteiger partial charge in [0.1, 0.15) is 11.4 Å². The van der Waals surface area contributed by atoms with Crippen LogP contribution in [0.2, 0.25) is 0 Å². The van der Waals surface area contributed by atoms with Crippen molar-refractivity contribution in [3.05, 3.63) is 47.9 Å². The van der Waals surface area contributed by atoms with E-state index in [1.807, 2.05) is 57.7 Å². The number of anilines is 2. The SMILES string of the molecule is CN=Cc1cc(-c2ncc3cc(N4C[C@@H](C)N(C(=O)OC(C)(C)C)[C@@H](C)C4)ccc3n2)cc(F)c1N. The van der Waals surface area contributed by atoms with Gasteiger partial charge < -0.3 is 15.4 Å². The van der Waals surface area contributed by atoms with Gasteiger partial charge in [0.2, 0.25) is 0 Å². The molecule has 190 valence electrons. The highest BCUT2D eigenvalue weighted by Crippen LogP contribution is 2.29. The first kappa shape index (κ1) is 25.3. The average molecular weight is 493 g/mol. The number of nitrogens with two attached hydrogens (primary N) is 1. The van der Waals surface area contributed by atoms with Crippen molar-refractivity contribution in [1.82, 2.24) is 14.9 Å². The highest BCUT2D eigenvalue weighted by atomic mass is 19.1. The van der Waals surface area contributed by atoms with E-state index < -0.39 is 11.4 Å². The second kappa shape index (κ2) is 9.72. The zero-order valence-corrected chi connectivity index (χ0v) is 21.6. The third-order valence-corrected chi connectivity index (χ3v) is 6.14. The molecule has 4 rings (SSSR count). The Hall–Kier alpha value is -3.75. The summed E-state index contributed by atoms with van der Waals surface area (Å²) in [7, 11) is 1.60. The Bertz CT molecular complexity index is 1310. The van der Waals surface area contributed by atoms with E-state index in [0.717, 1.165) is 16.6 Å². The summed E-state index contributed by atoms with van der Waals surface area (Å²) >= 11 is 0. The molecule has 3 aromatic rings. The first-order valence-corrected chi connectivity index (χ1v) is 12.0. The van der Waals surface area contributed by atoms with Crippen molar-refractivity contribution < 1.29 is 13.9 Å². The predicted molar refractivity (Wildman–Crippen MR) is 142 cm³/mol. The van der Waals surface area contributed by atoms with E-state index in [1.54, 1.807) is 19.3 Å². The fraction of sp³-hybridized carbons (Fsp3) is 0.407. The fourth-order valence-electron chi connectivity index (χ4n) is 4.58. The van der Waals surface area contributed by atoms with Gasteiger partial charge in [0.15, 0.2) is 5.82 Å². The lowest BCUT2D eigenvalue weighted by Gasteiger charge is -2.45. The maximum Gasteiger partial charge on any atom is 0.410 e. The molecule has 1 aliphatic rings. The Morgan fingerprint density at radius 2 is 1.89 bits per heavy atom. The molecule has 2 aromatic carbocycles. The summed E-state index contributed by atoms with van der Waals surface area (Å²) in [5, 5.41) is 0.873. The topological polar surface area (TPSA) is 96.9 Å². The van der Waals surface area contributed by atoms with Crippen LogP contribution >= 0.6 is 0 Å². The molecule has 1 amide bonds. The smallest absolute Gasteiger partial charge is 0.410 e. The minimum absolute atomic E-state index is 0.0146. The van der Waals surface area contributed by atoms with Crippen LogP contribution in [0.3, 0.4) is 0 Å². The minimum atomic E-state index is -0.534. The molecule has 0 aliphatic carbocycles. The van der Waals surface area contributed by atoms with Crippen LogP contribution in [0.15, 0.2) is 41.5 Å². The van der Waals surface area contributed by atoms with Crippen molar-refractivity contribution in [2.24, 2.45) is 4.99 Å². The van der Waals surface area contributed by atoms with Crippen LogP contribution in [0.25, 0.3) is 22.3 Å². The Morgan fingerprint density at radius 1 is 1.19 bits per heavy atom. The molecule has 2 N–H and O–H groups in total. The number of carbonyl (C=O) groups is 1. The molecule has 0 bridgehead atoms. The molecule has 0 spiro atoms. The molecule has 9 heteroatoms. The van der Waals surface area contributed by atoms with Gasteiger partial charge in [0.25, 0.3) is 0 Å². The summed E-state index contributed by atoms with van der Waals surface area (Å²) in [4.78, 5) is 29.9. The van der Waals surface area contributed by atoms with Crippen LogP contribution in [-0.4, -0.2) is 65.0 Å². The number of piperazine rings is 1. The molecule has 1 aliphatic heterocycles. The lowest BCUT2D eigenvalue weighted by molar-refractivity contribution is 0.00566. The summed E-state index contributed by atoms with van der Waals surface area (Å²) in [5.74, 6) is -0.122. The highest BCUT2D eigenvalue weighted by Gasteiger charge is 2.35. The summed E-state index contributed by atoms with van der Waals surface area (Å²) in [5.41, 5.74) is 8.13. The molecular weight excluding hydrogens is 459 g/mol. The number of aliphatic imine (C=N–C) groups is 1. The lowest BCUT2D eigenvalue weighted by Crippen LogP contribution is -2.59. The van der Waals surface area contributed by atoms with Gasteiger partial charge in [-0.1, -0.05) is 0 Å². The summed E-state index contributed by atoms with van der Waals surface area (Å²) < 4.78 is 20.0. The van der Waals surface area contributed by atoms with Crippen LogP contribution in [-0.2, 0) is 4.74 Å². The Morgan fingerprint density at radius 3 is 2.53 bits per heavy atom. The largest absolute Gasteiger partial charge is 0.444 e. The highest BCUT2D eigenvalue weighted by molar-refractivity contribution is 5.90. The number of rotatable bonds is 3. The van der Waals surface area contributed by atoms with Crippen molar-refractivity contribution in [3.63, 3.8) is 0 Å². The molecule has 8 nitrogen and oxygen atoms in total. The predicted octanol–water partition coefficient (Wildman–Crippen LogP) is 4.90. The zero-order chi connectivity index (χ0) is 26.2. The number of nitrogen functional groups attached to an aromatic ring is 1. The van der Waals surface area contributed by atoms with Gasteiger partial charge in [-0.2, -0.15) is 0 Å². The van der Waals surface area contributed by atoms with E-state index >= 15 is 0 Å². The number of carbonyl (C=O) groups excluding carboxylic acids is 1. The molecule has 0 radical (unpaired) electrons. The third-order valence-electron chi connectivity index (χ3n) is 6.14. The van der Waals surface area contributed by atoms with Gasteiger partial charge in [-0.15, -0.1) is 0 Å². The number of nitrogens with zero attached hydrogens (tertiary/aromatic N) is 5. The van der Waals surface area contributed by atoms with Gasteiger partial charge >= 0.3 is 6.09 Å². The van der Waals surface area contributed by atoms with Gasteiger partial charge in [0, 0.05) is 54.7 Å². The number of aromatic nitrogens is 2. The number of amides is 1. The number of ether oxygens (including phenoxy) is 1. The van der Waals surface area contributed by atoms with Crippen LogP contribution in [0, 0.1) is 5.82 Å².